The zero-order chi connectivity index (χ0) is 31.8. The Balaban J connectivity index is 0.981. The van der Waals surface area contributed by atoms with Gasteiger partial charge in [0.25, 0.3) is 0 Å². The SMILES string of the molecule is N#Cc1ccc2c(c1)Cc1cc(NC(=O)Nc3nc(Cl)nc(NC(=O)Nc4ccc5c(c4)Cc4cc(C#N)ccc4-5)n3)ccc1C2. The minimum absolute atomic E-state index is 0.157. The van der Waals surface area contributed by atoms with Gasteiger partial charge in [-0.3, -0.25) is 10.6 Å². The molecule has 0 saturated heterocycles. The zero-order valence-corrected chi connectivity index (χ0v) is 24.7. The summed E-state index contributed by atoms with van der Waals surface area (Å²) in [4.78, 5) is 37.6. The van der Waals surface area contributed by atoms with Crippen molar-refractivity contribution in [2.45, 2.75) is 19.3 Å². The number of fused-ring (bicyclic) bond motifs is 5. The second-order valence-electron chi connectivity index (χ2n) is 10.9. The van der Waals surface area contributed by atoms with Gasteiger partial charge in [-0.25, -0.2) is 9.59 Å². The monoisotopic (exact) mass is 623 g/mol. The molecule has 2 aliphatic carbocycles. The summed E-state index contributed by atoms with van der Waals surface area (Å²) < 4.78 is 0. The van der Waals surface area contributed by atoms with Crippen molar-refractivity contribution in [3.05, 3.63) is 123 Å². The molecule has 11 nitrogen and oxygen atoms in total. The van der Waals surface area contributed by atoms with Gasteiger partial charge in [0, 0.05) is 11.4 Å². The second-order valence-corrected chi connectivity index (χ2v) is 11.2. The Hall–Kier alpha value is -6.30. The molecule has 4 amide bonds. The first-order chi connectivity index (χ1) is 22.3. The highest BCUT2D eigenvalue weighted by Crippen LogP contribution is 2.38. The van der Waals surface area contributed by atoms with Crippen LogP contribution >= 0.6 is 11.6 Å². The predicted molar refractivity (Wildman–Crippen MR) is 173 cm³/mol. The van der Waals surface area contributed by atoms with Gasteiger partial charge in [0.05, 0.1) is 23.3 Å². The lowest BCUT2D eigenvalue weighted by molar-refractivity contribution is 0.261. The molecular formula is C34H22ClN9O2. The van der Waals surface area contributed by atoms with Crippen molar-refractivity contribution < 1.29 is 9.59 Å². The number of anilines is 4. The van der Waals surface area contributed by atoms with E-state index in [0.717, 1.165) is 45.4 Å². The van der Waals surface area contributed by atoms with Crippen molar-refractivity contribution in [1.29, 1.82) is 10.5 Å². The third-order valence-electron chi connectivity index (χ3n) is 7.89. The number of amides is 4. The van der Waals surface area contributed by atoms with Crippen LogP contribution in [-0.4, -0.2) is 27.0 Å². The average Bonchev–Trinajstić information content (AvgIpc) is 3.39. The smallest absolute Gasteiger partial charge is 0.308 e. The topological polar surface area (TPSA) is 169 Å². The van der Waals surface area contributed by atoms with Gasteiger partial charge in [0.1, 0.15) is 0 Å². The van der Waals surface area contributed by atoms with Crippen molar-refractivity contribution in [3.8, 4) is 23.3 Å². The summed E-state index contributed by atoms with van der Waals surface area (Å²) in [5, 5.41) is 28.8. The Morgan fingerprint density at radius 2 is 1.02 bits per heavy atom. The second kappa shape index (κ2) is 11.7. The number of hydrogen-bond donors (Lipinski definition) is 4. The number of halogens is 1. The van der Waals surface area contributed by atoms with Gasteiger partial charge in [-0.2, -0.15) is 25.5 Å². The molecule has 0 spiro atoms. The third kappa shape index (κ3) is 5.78. The zero-order valence-electron chi connectivity index (χ0n) is 24.0. The maximum Gasteiger partial charge on any atom is 0.326 e. The van der Waals surface area contributed by atoms with Crippen LogP contribution < -0.4 is 21.3 Å². The van der Waals surface area contributed by atoms with Crippen molar-refractivity contribution in [2.75, 3.05) is 21.3 Å². The van der Waals surface area contributed by atoms with E-state index in [1.54, 1.807) is 12.1 Å². The number of benzene rings is 4. The van der Waals surface area contributed by atoms with E-state index in [1.165, 1.54) is 5.56 Å². The standard InChI is InChI=1S/C34H22ClN9O2/c35-30-40-31(43-33(45)38-26-5-4-21-11-20-3-1-18(16-36)9-22(20)12-23(21)14-26)42-32(41-30)44-34(46)39-27-6-8-29-25(15-27)13-24-10-19(17-37)2-7-28(24)29/h1-10,14-15H,11-13H2,(H4,38,39,40,41,42,43,44,45,46). The molecule has 0 bridgehead atoms. The highest BCUT2D eigenvalue weighted by Gasteiger charge is 2.20. The highest BCUT2D eigenvalue weighted by molar-refractivity contribution is 6.28. The number of rotatable bonds is 4. The van der Waals surface area contributed by atoms with Gasteiger partial charge in [-0.05, 0) is 124 Å². The maximum absolute atomic E-state index is 12.8. The third-order valence-corrected chi connectivity index (χ3v) is 8.06. The number of carbonyl (C=O) groups is 2. The molecule has 1 aromatic heterocycles. The van der Waals surface area contributed by atoms with E-state index in [1.807, 2.05) is 60.7 Å². The summed E-state index contributed by atoms with van der Waals surface area (Å²) in [5.74, 6) is -0.315. The summed E-state index contributed by atoms with van der Waals surface area (Å²) in [5.41, 5.74) is 11.0. The first-order valence-electron chi connectivity index (χ1n) is 14.2. The average molecular weight is 624 g/mol. The lowest BCUT2D eigenvalue weighted by atomic mass is 9.85. The predicted octanol–water partition coefficient (Wildman–Crippen LogP) is 6.62. The molecule has 1 heterocycles. The number of carbonyl (C=O) groups excluding carboxylic acids is 2. The number of nitrogens with zero attached hydrogens (tertiary/aromatic N) is 5. The van der Waals surface area contributed by atoms with Crippen LogP contribution in [0.5, 0.6) is 0 Å². The van der Waals surface area contributed by atoms with E-state index in [9.17, 15) is 20.1 Å². The van der Waals surface area contributed by atoms with Crippen molar-refractivity contribution in [2.24, 2.45) is 0 Å². The van der Waals surface area contributed by atoms with E-state index in [0.29, 0.717) is 35.3 Å². The summed E-state index contributed by atoms with van der Waals surface area (Å²) in [6, 6.07) is 25.7. The molecule has 46 heavy (non-hydrogen) atoms. The molecule has 0 fully saturated rings. The summed E-state index contributed by atoms with van der Waals surface area (Å²) in [7, 11) is 0. The van der Waals surface area contributed by atoms with Crippen LogP contribution in [0.25, 0.3) is 11.1 Å². The molecule has 0 atom stereocenters. The van der Waals surface area contributed by atoms with E-state index in [-0.39, 0.29) is 17.2 Å². The number of hydrogen-bond acceptors (Lipinski definition) is 7. The summed E-state index contributed by atoms with van der Waals surface area (Å²) in [6.45, 7) is 0. The molecule has 12 heteroatoms. The molecule has 0 saturated carbocycles. The largest absolute Gasteiger partial charge is 0.326 e. The molecule has 4 aromatic carbocycles. The first-order valence-corrected chi connectivity index (χ1v) is 14.6. The van der Waals surface area contributed by atoms with Gasteiger partial charge in [-0.1, -0.05) is 24.3 Å². The van der Waals surface area contributed by atoms with Crippen molar-refractivity contribution >= 4 is 46.9 Å². The number of aromatic nitrogens is 3. The highest BCUT2D eigenvalue weighted by atomic mass is 35.5. The fourth-order valence-electron chi connectivity index (χ4n) is 5.83. The van der Waals surface area contributed by atoms with E-state index in [2.05, 4.69) is 48.4 Å². The van der Waals surface area contributed by atoms with Gasteiger partial charge in [0.15, 0.2) is 0 Å². The Bertz CT molecular complexity index is 2190. The van der Waals surface area contributed by atoms with Crippen LogP contribution in [0, 0.1) is 22.7 Å². The van der Waals surface area contributed by atoms with Crippen LogP contribution in [0.15, 0.2) is 72.8 Å². The van der Waals surface area contributed by atoms with Gasteiger partial charge in [0.2, 0.25) is 17.2 Å². The quantitative estimate of drug-likeness (QED) is 0.171. The molecule has 7 rings (SSSR count). The molecule has 4 N–H and O–H groups in total. The van der Waals surface area contributed by atoms with E-state index >= 15 is 0 Å². The Labute approximate surface area is 267 Å². The van der Waals surface area contributed by atoms with E-state index < -0.39 is 12.1 Å². The molecular weight excluding hydrogens is 602 g/mol. The Morgan fingerprint density at radius 3 is 1.67 bits per heavy atom. The van der Waals surface area contributed by atoms with Crippen molar-refractivity contribution in [3.63, 3.8) is 0 Å². The minimum atomic E-state index is -0.614. The van der Waals surface area contributed by atoms with Gasteiger partial charge in [-0.15, -0.1) is 0 Å². The van der Waals surface area contributed by atoms with Gasteiger partial charge < -0.3 is 10.6 Å². The van der Waals surface area contributed by atoms with Crippen LogP contribution in [0.3, 0.4) is 0 Å². The van der Waals surface area contributed by atoms with Crippen LogP contribution in [0.2, 0.25) is 5.28 Å². The van der Waals surface area contributed by atoms with E-state index in [4.69, 9.17) is 11.6 Å². The van der Waals surface area contributed by atoms with Crippen LogP contribution in [0.1, 0.15) is 44.5 Å². The first kappa shape index (κ1) is 28.5. The fraction of sp³-hybridized carbons (Fsp3) is 0.0882. The van der Waals surface area contributed by atoms with Crippen LogP contribution in [-0.2, 0) is 19.3 Å². The molecule has 0 radical (unpaired) electrons. The summed E-state index contributed by atoms with van der Waals surface area (Å²) in [6.07, 6.45) is 2.06. The Morgan fingerprint density at radius 1 is 0.565 bits per heavy atom. The number of nitriles is 2. The van der Waals surface area contributed by atoms with Crippen molar-refractivity contribution in [1.82, 2.24) is 15.0 Å². The van der Waals surface area contributed by atoms with Gasteiger partial charge >= 0.3 is 12.1 Å². The normalized spacial score (nSPS) is 11.9. The number of urea groups is 2. The minimum Gasteiger partial charge on any atom is -0.308 e. The molecule has 0 unspecified atom stereocenters. The molecule has 2 aliphatic rings. The maximum atomic E-state index is 12.8. The molecule has 222 valence electrons. The molecule has 0 aliphatic heterocycles. The lowest BCUT2D eigenvalue weighted by Crippen LogP contribution is -2.24. The summed E-state index contributed by atoms with van der Waals surface area (Å²) >= 11 is 6.06. The fourth-order valence-corrected chi connectivity index (χ4v) is 5.99. The van der Waals surface area contributed by atoms with Crippen LogP contribution in [0.4, 0.5) is 32.9 Å². The number of nitrogens with one attached hydrogen (secondary N) is 4. The molecule has 5 aromatic rings. The lowest BCUT2D eigenvalue weighted by Gasteiger charge is -2.20. The Kier molecular flexibility index (Phi) is 7.21.